The van der Waals surface area contributed by atoms with Gasteiger partial charge in [0.15, 0.2) is 0 Å². The van der Waals surface area contributed by atoms with Crippen LogP contribution in [0.15, 0.2) is 23.8 Å². The molecule has 2 rings (SSSR count). The van der Waals surface area contributed by atoms with Crippen LogP contribution in [0.3, 0.4) is 0 Å². The zero-order valence-electron chi connectivity index (χ0n) is 11.6. The van der Waals surface area contributed by atoms with E-state index in [-0.39, 0.29) is 0 Å². The van der Waals surface area contributed by atoms with Crippen molar-refractivity contribution >= 4 is 0 Å². The van der Waals surface area contributed by atoms with Crippen LogP contribution in [-0.2, 0) is 0 Å². The molecule has 0 saturated heterocycles. The summed E-state index contributed by atoms with van der Waals surface area (Å²) in [6.07, 6.45) is 18.5. The fraction of sp³-hybridized carbons (Fsp3) is 0.765. The third kappa shape index (κ3) is 3.47. The number of hydrogen-bond acceptors (Lipinski definition) is 0. The molecule has 0 spiro atoms. The van der Waals surface area contributed by atoms with Gasteiger partial charge in [-0.15, -0.1) is 0 Å². The zero-order chi connectivity index (χ0) is 12.1. The maximum atomic E-state index is 2.47. The van der Waals surface area contributed by atoms with Crippen molar-refractivity contribution < 1.29 is 0 Å². The quantitative estimate of drug-likeness (QED) is 0.559. The molecule has 0 aromatic heterocycles. The maximum absolute atomic E-state index is 2.47. The lowest BCUT2D eigenvalue weighted by Gasteiger charge is -2.19. The van der Waals surface area contributed by atoms with Crippen LogP contribution < -0.4 is 0 Å². The standard InChI is InChI=1S/C17H28/c1-14(2)16-13-12-15-10-8-6-4-3-5-7-9-11-17(15)16/h7,9,11,14-16H,3-6,8,10,12-13H2,1-2H3/b9-7+,17-11+. The van der Waals surface area contributed by atoms with E-state index in [1.54, 1.807) is 5.57 Å². The van der Waals surface area contributed by atoms with E-state index in [0.717, 1.165) is 17.8 Å². The second kappa shape index (κ2) is 6.42. The molecule has 0 bridgehead atoms. The molecule has 0 radical (unpaired) electrons. The molecule has 0 nitrogen and oxygen atoms in total. The molecule has 0 amide bonds. The highest BCUT2D eigenvalue weighted by Gasteiger charge is 2.31. The highest BCUT2D eigenvalue weighted by Crippen LogP contribution is 2.43. The fourth-order valence-corrected chi connectivity index (χ4v) is 3.59. The van der Waals surface area contributed by atoms with Crippen molar-refractivity contribution in [2.45, 2.75) is 65.2 Å². The van der Waals surface area contributed by atoms with E-state index in [1.165, 1.54) is 51.4 Å². The Bertz CT molecular complexity index is 282. The van der Waals surface area contributed by atoms with Crippen molar-refractivity contribution in [3.05, 3.63) is 23.8 Å². The van der Waals surface area contributed by atoms with E-state index in [4.69, 9.17) is 0 Å². The Hall–Kier alpha value is -0.520. The minimum absolute atomic E-state index is 0.824. The number of allylic oxidation sites excluding steroid dienone is 4. The minimum Gasteiger partial charge on any atom is -0.0845 e. The van der Waals surface area contributed by atoms with Gasteiger partial charge in [-0.25, -0.2) is 0 Å². The lowest BCUT2D eigenvalue weighted by Crippen LogP contribution is -2.08. The highest BCUT2D eigenvalue weighted by atomic mass is 14.4. The Kier molecular flexibility index (Phi) is 4.88. The molecule has 0 heterocycles. The van der Waals surface area contributed by atoms with Gasteiger partial charge in [-0.2, -0.15) is 0 Å². The van der Waals surface area contributed by atoms with Crippen LogP contribution in [-0.4, -0.2) is 0 Å². The van der Waals surface area contributed by atoms with Gasteiger partial charge in [0.2, 0.25) is 0 Å². The van der Waals surface area contributed by atoms with Crippen LogP contribution in [0.5, 0.6) is 0 Å². The summed E-state index contributed by atoms with van der Waals surface area (Å²) in [5.41, 5.74) is 1.78. The van der Waals surface area contributed by atoms with Crippen molar-refractivity contribution in [2.75, 3.05) is 0 Å². The normalized spacial score (nSPS) is 35.8. The average molecular weight is 232 g/mol. The lowest BCUT2D eigenvalue weighted by molar-refractivity contribution is 0.451. The summed E-state index contributed by atoms with van der Waals surface area (Å²) in [6, 6.07) is 0. The Morgan fingerprint density at radius 3 is 2.65 bits per heavy atom. The summed E-state index contributed by atoms with van der Waals surface area (Å²) in [6.45, 7) is 4.78. The van der Waals surface area contributed by atoms with E-state index in [9.17, 15) is 0 Å². The van der Waals surface area contributed by atoms with Gasteiger partial charge in [0.1, 0.15) is 0 Å². The molecule has 0 aliphatic heterocycles. The molecule has 1 saturated carbocycles. The van der Waals surface area contributed by atoms with Crippen LogP contribution in [0.4, 0.5) is 0 Å². The van der Waals surface area contributed by atoms with E-state index in [1.807, 2.05) is 0 Å². The summed E-state index contributed by atoms with van der Waals surface area (Å²) in [5.74, 6) is 2.60. The largest absolute Gasteiger partial charge is 0.0845 e. The Morgan fingerprint density at radius 2 is 1.82 bits per heavy atom. The molecular formula is C17H28. The second-order valence-electron chi connectivity index (χ2n) is 6.21. The summed E-state index contributed by atoms with van der Waals surface area (Å²) in [7, 11) is 0. The van der Waals surface area contributed by atoms with Gasteiger partial charge < -0.3 is 0 Å². The van der Waals surface area contributed by atoms with Crippen molar-refractivity contribution in [1.29, 1.82) is 0 Å². The number of hydrogen-bond donors (Lipinski definition) is 0. The molecule has 2 aliphatic carbocycles. The third-order valence-electron chi connectivity index (χ3n) is 4.63. The van der Waals surface area contributed by atoms with E-state index in [2.05, 4.69) is 32.1 Å². The number of fused-ring (bicyclic) bond motifs is 1. The van der Waals surface area contributed by atoms with Gasteiger partial charge in [0.05, 0.1) is 0 Å². The Balaban J connectivity index is 2.10. The summed E-state index contributed by atoms with van der Waals surface area (Å²) >= 11 is 0. The molecule has 0 heteroatoms. The summed E-state index contributed by atoms with van der Waals surface area (Å²) in [4.78, 5) is 0. The molecule has 2 atom stereocenters. The first-order valence-corrected chi connectivity index (χ1v) is 7.65. The monoisotopic (exact) mass is 232 g/mol. The predicted molar refractivity (Wildman–Crippen MR) is 76.0 cm³/mol. The highest BCUT2D eigenvalue weighted by molar-refractivity contribution is 5.22. The molecule has 2 aliphatic rings. The SMILES string of the molecule is CC(C)C1CCC2CCCCCC/C=C/C=C\21. The zero-order valence-corrected chi connectivity index (χ0v) is 11.6. The van der Waals surface area contributed by atoms with Crippen molar-refractivity contribution in [1.82, 2.24) is 0 Å². The molecule has 1 fully saturated rings. The van der Waals surface area contributed by atoms with E-state index in [0.29, 0.717) is 0 Å². The van der Waals surface area contributed by atoms with Gasteiger partial charge in [0, 0.05) is 0 Å². The molecule has 17 heavy (non-hydrogen) atoms. The van der Waals surface area contributed by atoms with E-state index < -0.39 is 0 Å². The summed E-state index contributed by atoms with van der Waals surface area (Å²) < 4.78 is 0. The van der Waals surface area contributed by atoms with Crippen LogP contribution in [0.25, 0.3) is 0 Å². The van der Waals surface area contributed by atoms with Gasteiger partial charge in [0.25, 0.3) is 0 Å². The van der Waals surface area contributed by atoms with Crippen LogP contribution >= 0.6 is 0 Å². The van der Waals surface area contributed by atoms with Gasteiger partial charge in [-0.05, 0) is 49.9 Å². The Labute approximate surface area is 107 Å². The van der Waals surface area contributed by atoms with Crippen molar-refractivity contribution in [3.8, 4) is 0 Å². The second-order valence-corrected chi connectivity index (χ2v) is 6.21. The first-order valence-electron chi connectivity index (χ1n) is 7.65. The molecule has 0 aromatic rings. The molecule has 2 unspecified atom stereocenters. The first-order chi connectivity index (χ1) is 8.29. The smallest absolute Gasteiger partial charge is 0.0174 e. The topological polar surface area (TPSA) is 0 Å². The van der Waals surface area contributed by atoms with Crippen LogP contribution in [0.1, 0.15) is 65.2 Å². The van der Waals surface area contributed by atoms with Crippen molar-refractivity contribution in [2.24, 2.45) is 17.8 Å². The maximum Gasteiger partial charge on any atom is -0.0174 e. The first kappa shape index (κ1) is 12.9. The van der Waals surface area contributed by atoms with Crippen LogP contribution in [0.2, 0.25) is 0 Å². The number of rotatable bonds is 1. The van der Waals surface area contributed by atoms with Gasteiger partial charge >= 0.3 is 0 Å². The van der Waals surface area contributed by atoms with Gasteiger partial charge in [-0.1, -0.05) is 56.9 Å². The third-order valence-corrected chi connectivity index (χ3v) is 4.63. The minimum atomic E-state index is 0.824. The van der Waals surface area contributed by atoms with E-state index >= 15 is 0 Å². The van der Waals surface area contributed by atoms with Crippen molar-refractivity contribution in [3.63, 3.8) is 0 Å². The average Bonchev–Trinajstić information content (AvgIpc) is 2.68. The fourth-order valence-electron chi connectivity index (χ4n) is 3.59. The lowest BCUT2D eigenvalue weighted by atomic mass is 9.86. The predicted octanol–water partition coefficient (Wildman–Crippen LogP) is 5.51. The Morgan fingerprint density at radius 1 is 1.00 bits per heavy atom. The summed E-state index contributed by atoms with van der Waals surface area (Å²) in [5, 5.41) is 0. The molecule has 0 aromatic carbocycles. The van der Waals surface area contributed by atoms with Gasteiger partial charge in [-0.3, -0.25) is 0 Å². The van der Waals surface area contributed by atoms with Crippen LogP contribution in [0, 0.1) is 17.8 Å². The molecular weight excluding hydrogens is 204 g/mol. The molecule has 96 valence electrons. The molecule has 0 N–H and O–H groups in total.